The lowest BCUT2D eigenvalue weighted by atomic mass is 10.4. The smallest absolute Gasteiger partial charge is 0.320 e. The molecular formula is C19H30N10O. The number of hydrogen-bond donors (Lipinski definition) is 2. The van der Waals surface area contributed by atoms with Gasteiger partial charge in [0.05, 0.1) is 50.5 Å². The number of carbonyl (C=O) groups excluding carboxylic acids is 1. The first-order chi connectivity index (χ1) is 14.7. The van der Waals surface area contributed by atoms with Gasteiger partial charge in [0.15, 0.2) is 0 Å². The van der Waals surface area contributed by atoms with E-state index in [2.05, 4.69) is 15.5 Å². The summed E-state index contributed by atoms with van der Waals surface area (Å²) < 4.78 is 0. The molecule has 0 saturated carbocycles. The van der Waals surface area contributed by atoms with Gasteiger partial charge >= 0.3 is 6.03 Å². The molecule has 1 aliphatic heterocycles. The van der Waals surface area contributed by atoms with Crippen LogP contribution in [0.25, 0.3) is 0 Å². The molecule has 0 aromatic heterocycles. The fourth-order valence-corrected chi connectivity index (χ4v) is 3.08. The largest absolute Gasteiger partial charge is 0.322 e. The third kappa shape index (κ3) is 10.0. The van der Waals surface area contributed by atoms with Crippen molar-refractivity contribution in [1.29, 1.82) is 21.0 Å². The van der Waals surface area contributed by atoms with Gasteiger partial charge in [-0.2, -0.15) is 21.0 Å². The van der Waals surface area contributed by atoms with Gasteiger partial charge in [0.1, 0.15) is 0 Å². The molecule has 162 valence electrons. The molecule has 11 heteroatoms. The fraction of sp³-hybridized carbons (Fsp3) is 0.737. The Kier molecular flexibility index (Phi) is 13.3. The van der Waals surface area contributed by atoms with E-state index in [0.717, 1.165) is 13.1 Å². The first-order valence-corrected chi connectivity index (χ1v) is 10.0. The molecule has 0 aliphatic carbocycles. The van der Waals surface area contributed by atoms with Crippen LogP contribution in [-0.4, -0.2) is 117 Å². The van der Waals surface area contributed by atoms with E-state index in [9.17, 15) is 4.79 Å². The van der Waals surface area contributed by atoms with E-state index in [-0.39, 0.29) is 19.1 Å². The Bertz CT molecular complexity index is 633. The van der Waals surface area contributed by atoms with Crippen LogP contribution < -0.4 is 10.6 Å². The molecule has 1 rings (SSSR count). The van der Waals surface area contributed by atoms with Gasteiger partial charge in [-0.25, -0.2) is 4.79 Å². The van der Waals surface area contributed by atoms with Crippen LogP contribution in [0.4, 0.5) is 4.79 Å². The van der Waals surface area contributed by atoms with E-state index in [4.69, 9.17) is 21.0 Å². The van der Waals surface area contributed by atoms with Gasteiger partial charge < -0.3 is 20.4 Å². The number of amides is 2. The number of rotatable bonds is 16. The molecule has 1 fully saturated rings. The van der Waals surface area contributed by atoms with Crippen molar-refractivity contribution in [3.8, 4) is 24.3 Å². The quantitative estimate of drug-likeness (QED) is 0.230. The van der Waals surface area contributed by atoms with Crippen molar-refractivity contribution in [2.75, 3.05) is 91.6 Å². The van der Waals surface area contributed by atoms with Gasteiger partial charge in [0.25, 0.3) is 0 Å². The zero-order chi connectivity index (χ0) is 22.0. The average Bonchev–Trinajstić information content (AvgIpc) is 3.09. The van der Waals surface area contributed by atoms with Crippen LogP contribution in [0, 0.1) is 45.3 Å². The third-order valence-electron chi connectivity index (χ3n) is 4.76. The summed E-state index contributed by atoms with van der Waals surface area (Å²) in [7, 11) is 0. The van der Waals surface area contributed by atoms with E-state index in [1.54, 1.807) is 9.80 Å². The van der Waals surface area contributed by atoms with Crippen LogP contribution >= 0.6 is 0 Å². The number of carbonyl (C=O) groups is 1. The molecule has 0 bridgehead atoms. The lowest BCUT2D eigenvalue weighted by Crippen LogP contribution is -2.43. The number of urea groups is 1. The van der Waals surface area contributed by atoms with Crippen LogP contribution in [0.1, 0.15) is 0 Å². The Hall–Kier alpha value is -2.93. The highest BCUT2D eigenvalue weighted by molar-refractivity contribution is 5.76. The van der Waals surface area contributed by atoms with Gasteiger partial charge in [-0.15, -0.1) is 0 Å². The summed E-state index contributed by atoms with van der Waals surface area (Å²) in [6.45, 7) is 7.41. The van der Waals surface area contributed by atoms with E-state index in [1.807, 2.05) is 29.2 Å². The molecule has 0 atom stereocenters. The molecule has 2 N–H and O–H groups in total. The molecule has 1 saturated heterocycles. The minimum atomic E-state index is -0.0194. The Balaban J connectivity index is 2.43. The maximum atomic E-state index is 12.6. The predicted octanol–water partition coefficient (Wildman–Crippen LogP) is -1.40. The summed E-state index contributed by atoms with van der Waals surface area (Å²) in [5.74, 6) is 0. The molecule has 0 aromatic rings. The average molecular weight is 415 g/mol. The van der Waals surface area contributed by atoms with E-state index >= 15 is 0 Å². The highest BCUT2D eigenvalue weighted by Crippen LogP contribution is 2.08. The maximum absolute atomic E-state index is 12.6. The van der Waals surface area contributed by atoms with E-state index < -0.39 is 0 Å². The SMILES string of the molecule is N#CCNCCN(CCNCC#N)CCN1CCN(CCN(CC#N)CC#N)C1=O. The molecule has 1 heterocycles. The summed E-state index contributed by atoms with van der Waals surface area (Å²) in [5, 5.41) is 41.0. The highest BCUT2D eigenvalue weighted by atomic mass is 16.2. The van der Waals surface area contributed by atoms with Crippen LogP contribution in [0.2, 0.25) is 0 Å². The number of nitrogens with zero attached hydrogens (tertiary/aromatic N) is 8. The summed E-state index contributed by atoms with van der Waals surface area (Å²) in [5.41, 5.74) is 0. The minimum Gasteiger partial charge on any atom is -0.322 e. The van der Waals surface area contributed by atoms with Gasteiger partial charge in [-0.1, -0.05) is 0 Å². The van der Waals surface area contributed by atoms with Crippen LogP contribution in [0.15, 0.2) is 0 Å². The lowest BCUT2D eigenvalue weighted by molar-refractivity contribution is 0.178. The van der Waals surface area contributed by atoms with Crippen molar-refractivity contribution < 1.29 is 4.79 Å². The summed E-state index contributed by atoms with van der Waals surface area (Å²) >= 11 is 0. The monoisotopic (exact) mass is 414 g/mol. The highest BCUT2D eigenvalue weighted by Gasteiger charge is 2.28. The molecule has 0 aromatic carbocycles. The molecule has 11 nitrogen and oxygen atoms in total. The Labute approximate surface area is 178 Å². The van der Waals surface area contributed by atoms with E-state index in [1.165, 1.54) is 0 Å². The van der Waals surface area contributed by atoms with E-state index in [0.29, 0.717) is 65.4 Å². The summed E-state index contributed by atoms with van der Waals surface area (Å²) in [6.07, 6.45) is 0. The van der Waals surface area contributed by atoms with Crippen LogP contribution in [0.3, 0.4) is 0 Å². The Morgan fingerprint density at radius 3 is 1.63 bits per heavy atom. The zero-order valence-electron chi connectivity index (χ0n) is 17.4. The predicted molar refractivity (Wildman–Crippen MR) is 110 cm³/mol. The molecular weight excluding hydrogens is 384 g/mol. The Morgan fingerprint density at radius 2 is 1.20 bits per heavy atom. The number of nitrogens with one attached hydrogen (secondary N) is 2. The Morgan fingerprint density at radius 1 is 0.733 bits per heavy atom. The van der Waals surface area contributed by atoms with Crippen molar-refractivity contribution in [2.24, 2.45) is 0 Å². The second-order valence-electron chi connectivity index (χ2n) is 6.79. The normalized spacial score (nSPS) is 13.3. The third-order valence-corrected chi connectivity index (χ3v) is 4.76. The summed E-state index contributed by atoms with van der Waals surface area (Å²) in [4.78, 5) is 20.1. The molecule has 1 aliphatic rings. The molecule has 0 radical (unpaired) electrons. The van der Waals surface area contributed by atoms with Crippen LogP contribution in [-0.2, 0) is 0 Å². The molecule has 0 unspecified atom stereocenters. The van der Waals surface area contributed by atoms with Crippen molar-refractivity contribution in [1.82, 2.24) is 30.2 Å². The van der Waals surface area contributed by atoms with Gasteiger partial charge in [-0.05, 0) is 0 Å². The first kappa shape index (κ1) is 25.1. The van der Waals surface area contributed by atoms with Gasteiger partial charge in [0, 0.05) is 65.4 Å². The minimum absolute atomic E-state index is 0.0194. The van der Waals surface area contributed by atoms with Crippen molar-refractivity contribution in [3.05, 3.63) is 0 Å². The van der Waals surface area contributed by atoms with Gasteiger partial charge in [-0.3, -0.25) is 9.80 Å². The lowest BCUT2D eigenvalue weighted by Gasteiger charge is -2.26. The maximum Gasteiger partial charge on any atom is 0.320 e. The van der Waals surface area contributed by atoms with Crippen molar-refractivity contribution in [2.45, 2.75) is 0 Å². The van der Waals surface area contributed by atoms with Crippen LogP contribution in [0.5, 0.6) is 0 Å². The first-order valence-electron chi connectivity index (χ1n) is 10.0. The second-order valence-corrected chi connectivity index (χ2v) is 6.79. The topological polar surface area (TPSA) is 149 Å². The second kappa shape index (κ2) is 15.9. The molecule has 30 heavy (non-hydrogen) atoms. The van der Waals surface area contributed by atoms with Crippen molar-refractivity contribution >= 4 is 6.03 Å². The number of nitriles is 4. The summed E-state index contributed by atoms with van der Waals surface area (Å²) in [6, 6.07) is 8.16. The number of hydrogen-bond acceptors (Lipinski definition) is 9. The van der Waals surface area contributed by atoms with Crippen molar-refractivity contribution in [3.63, 3.8) is 0 Å². The molecule has 0 spiro atoms. The molecule has 2 amide bonds. The van der Waals surface area contributed by atoms with Gasteiger partial charge in [0.2, 0.25) is 0 Å². The zero-order valence-corrected chi connectivity index (χ0v) is 17.4. The standard InChI is InChI=1S/C19H30N10O/c20-1-5-24-7-11-27(12-8-25-6-2-21)14-16-29-18-17-28(19(29)30)15-13-26(9-3-22)10-4-23/h24-25H,5-18H2. The fourth-order valence-electron chi connectivity index (χ4n) is 3.08.